The molecule has 0 bridgehead atoms. The van der Waals surface area contributed by atoms with E-state index in [0.29, 0.717) is 0 Å². The summed E-state index contributed by atoms with van der Waals surface area (Å²) in [5.74, 6) is 0.776. The van der Waals surface area contributed by atoms with Gasteiger partial charge in [-0.3, -0.25) is 0 Å². The molecule has 0 aliphatic rings. The van der Waals surface area contributed by atoms with E-state index in [1.807, 2.05) is 18.4 Å². The van der Waals surface area contributed by atoms with Crippen LogP contribution >= 0.6 is 27.3 Å². The van der Waals surface area contributed by atoms with E-state index in [1.165, 1.54) is 21.5 Å². The van der Waals surface area contributed by atoms with Crippen molar-refractivity contribution < 1.29 is 0 Å². The Hall–Kier alpha value is 0.140. The van der Waals surface area contributed by atoms with E-state index in [4.69, 9.17) is 0 Å². The Labute approximate surface area is 92.7 Å². The summed E-state index contributed by atoms with van der Waals surface area (Å²) in [7, 11) is 2.01. The highest BCUT2D eigenvalue weighted by Crippen LogP contribution is 2.24. The molecule has 1 aromatic heterocycles. The van der Waals surface area contributed by atoms with Crippen LogP contribution in [0.3, 0.4) is 0 Å². The molecule has 1 atom stereocenters. The first-order chi connectivity index (χ1) is 6.22. The first kappa shape index (κ1) is 11.2. The number of halogens is 1. The van der Waals surface area contributed by atoms with E-state index in [9.17, 15) is 0 Å². The molecule has 1 nitrogen and oxygen atoms in total. The molecule has 0 saturated heterocycles. The molecule has 13 heavy (non-hydrogen) atoms. The van der Waals surface area contributed by atoms with Gasteiger partial charge in [-0.2, -0.15) is 0 Å². The van der Waals surface area contributed by atoms with Crippen LogP contribution in [0, 0.1) is 5.92 Å². The van der Waals surface area contributed by atoms with Gasteiger partial charge < -0.3 is 5.32 Å². The fraction of sp³-hybridized carbons (Fsp3) is 0.600. The van der Waals surface area contributed by atoms with Crippen molar-refractivity contribution in [3.8, 4) is 0 Å². The standard InChI is InChI=1S/C10H16BrNS/c1-8(5-6-12-2)7-9-3-4-10(11)13-9/h3-4,8,12H,5-7H2,1-2H3. The van der Waals surface area contributed by atoms with Gasteiger partial charge >= 0.3 is 0 Å². The first-order valence-electron chi connectivity index (χ1n) is 4.61. The smallest absolute Gasteiger partial charge is 0.0701 e. The number of nitrogens with one attached hydrogen (secondary N) is 1. The van der Waals surface area contributed by atoms with Gasteiger partial charge in [-0.05, 0) is 60.4 Å². The SMILES string of the molecule is CNCCC(C)Cc1ccc(Br)s1. The number of rotatable bonds is 5. The normalized spacial score (nSPS) is 13.2. The molecule has 0 aromatic carbocycles. The van der Waals surface area contributed by atoms with E-state index in [1.54, 1.807) is 0 Å². The van der Waals surface area contributed by atoms with Crippen molar-refractivity contribution in [2.75, 3.05) is 13.6 Å². The van der Waals surface area contributed by atoms with E-state index in [-0.39, 0.29) is 0 Å². The van der Waals surface area contributed by atoms with Gasteiger partial charge in [-0.1, -0.05) is 6.92 Å². The lowest BCUT2D eigenvalue weighted by atomic mass is 10.0. The Bertz CT molecular complexity index is 247. The van der Waals surface area contributed by atoms with E-state index in [0.717, 1.165) is 12.5 Å². The van der Waals surface area contributed by atoms with Crippen LogP contribution in [0.5, 0.6) is 0 Å². The van der Waals surface area contributed by atoms with Gasteiger partial charge in [-0.15, -0.1) is 11.3 Å². The molecule has 74 valence electrons. The summed E-state index contributed by atoms with van der Waals surface area (Å²) in [5, 5.41) is 3.18. The molecule has 0 aliphatic heterocycles. The van der Waals surface area contributed by atoms with Gasteiger partial charge in [-0.25, -0.2) is 0 Å². The number of hydrogen-bond donors (Lipinski definition) is 1. The van der Waals surface area contributed by atoms with E-state index in [2.05, 4.69) is 40.3 Å². The van der Waals surface area contributed by atoms with Gasteiger partial charge in [0.15, 0.2) is 0 Å². The molecule has 1 rings (SSSR count). The van der Waals surface area contributed by atoms with Gasteiger partial charge in [0.05, 0.1) is 3.79 Å². The summed E-state index contributed by atoms with van der Waals surface area (Å²) in [6.45, 7) is 3.43. The fourth-order valence-corrected chi connectivity index (χ4v) is 2.94. The lowest BCUT2D eigenvalue weighted by Crippen LogP contribution is -2.12. The van der Waals surface area contributed by atoms with Crippen LogP contribution in [-0.4, -0.2) is 13.6 Å². The van der Waals surface area contributed by atoms with Crippen LogP contribution in [0.25, 0.3) is 0 Å². The molecule has 0 fully saturated rings. The molecule has 1 heterocycles. The number of thiophene rings is 1. The lowest BCUT2D eigenvalue weighted by Gasteiger charge is -2.08. The van der Waals surface area contributed by atoms with Crippen molar-refractivity contribution in [1.82, 2.24) is 5.32 Å². The summed E-state index contributed by atoms with van der Waals surface area (Å²) in [6, 6.07) is 4.34. The van der Waals surface area contributed by atoms with Gasteiger partial charge in [0.1, 0.15) is 0 Å². The third-order valence-corrected chi connectivity index (χ3v) is 3.71. The molecular weight excluding hydrogens is 246 g/mol. The third-order valence-electron chi connectivity index (χ3n) is 2.07. The molecule has 0 spiro atoms. The first-order valence-corrected chi connectivity index (χ1v) is 6.22. The minimum Gasteiger partial charge on any atom is -0.320 e. The molecule has 0 aliphatic carbocycles. The zero-order chi connectivity index (χ0) is 9.68. The maximum Gasteiger partial charge on any atom is 0.0701 e. The molecule has 3 heteroatoms. The van der Waals surface area contributed by atoms with E-state index < -0.39 is 0 Å². The molecule has 1 aromatic rings. The minimum absolute atomic E-state index is 0.776. The van der Waals surface area contributed by atoms with Crippen molar-refractivity contribution in [3.63, 3.8) is 0 Å². The quantitative estimate of drug-likeness (QED) is 0.858. The maximum absolute atomic E-state index is 3.48. The molecular formula is C10H16BrNS. The zero-order valence-corrected chi connectivity index (χ0v) is 10.5. The lowest BCUT2D eigenvalue weighted by molar-refractivity contribution is 0.518. The summed E-state index contributed by atoms with van der Waals surface area (Å²) in [5.41, 5.74) is 0. The second-order valence-corrected chi connectivity index (χ2v) is 5.95. The Morgan fingerprint density at radius 1 is 1.54 bits per heavy atom. The topological polar surface area (TPSA) is 12.0 Å². The second kappa shape index (κ2) is 5.78. The fourth-order valence-electron chi connectivity index (χ4n) is 1.30. The van der Waals surface area contributed by atoms with Crippen LogP contribution in [0.2, 0.25) is 0 Å². The predicted molar refractivity (Wildman–Crippen MR) is 63.4 cm³/mol. The van der Waals surface area contributed by atoms with Crippen molar-refractivity contribution in [3.05, 3.63) is 20.8 Å². The average Bonchev–Trinajstić information content (AvgIpc) is 2.48. The Balaban J connectivity index is 2.31. The average molecular weight is 262 g/mol. The summed E-state index contributed by atoms with van der Waals surface area (Å²) in [4.78, 5) is 1.48. The van der Waals surface area contributed by atoms with Crippen molar-refractivity contribution in [2.24, 2.45) is 5.92 Å². The van der Waals surface area contributed by atoms with Crippen LogP contribution in [0.1, 0.15) is 18.2 Å². The maximum atomic E-state index is 3.48. The zero-order valence-electron chi connectivity index (χ0n) is 8.14. The Morgan fingerprint density at radius 3 is 2.85 bits per heavy atom. The molecule has 1 unspecified atom stereocenters. The van der Waals surface area contributed by atoms with Gasteiger partial charge in [0.2, 0.25) is 0 Å². The molecule has 0 radical (unpaired) electrons. The highest BCUT2D eigenvalue weighted by molar-refractivity contribution is 9.11. The summed E-state index contributed by atoms with van der Waals surface area (Å²) in [6.07, 6.45) is 2.46. The number of hydrogen-bond acceptors (Lipinski definition) is 2. The molecule has 1 N–H and O–H groups in total. The van der Waals surface area contributed by atoms with E-state index >= 15 is 0 Å². The van der Waals surface area contributed by atoms with Crippen molar-refractivity contribution in [1.29, 1.82) is 0 Å². The van der Waals surface area contributed by atoms with Gasteiger partial charge in [0, 0.05) is 4.88 Å². The van der Waals surface area contributed by atoms with Gasteiger partial charge in [0.25, 0.3) is 0 Å². The third kappa shape index (κ3) is 4.25. The monoisotopic (exact) mass is 261 g/mol. The van der Waals surface area contributed by atoms with Crippen LogP contribution in [0.4, 0.5) is 0 Å². The van der Waals surface area contributed by atoms with Crippen molar-refractivity contribution >= 4 is 27.3 Å². The second-order valence-electron chi connectivity index (χ2n) is 3.41. The molecule has 0 amide bonds. The largest absolute Gasteiger partial charge is 0.320 e. The predicted octanol–water partition coefficient (Wildman–Crippen LogP) is 3.30. The van der Waals surface area contributed by atoms with Crippen molar-refractivity contribution in [2.45, 2.75) is 19.8 Å². The van der Waals surface area contributed by atoms with Crippen LogP contribution in [-0.2, 0) is 6.42 Å². The Kier molecular flexibility index (Phi) is 4.99. The molecule has 0 saturated carbocycles. The summed E-state index contributed by atoms with van der Waals surface area (Å²) >= 11 is 5.33. The summed E-state index contributed by atoms with van der Waals surface area (Å²) < 4.78 is 1.24. The Morgan fingerprint density at radius 2 is 2.31 bits per heavy atom. The highest BCUT2D eigenvalue weighted by atomic mass is 79.9. The van der Waals surface area contributed by atoms with Crippen LogP contribution in [0.15, 0.2) is 15.9 Å². The minimum atomic E-state index is 0.776. The highest BCUT2D eigenvalue weighted by Gasteiger charge is 2.04. The van der Waals surface area contributed by atoms with Crippen LogP contribution < -0.4 is 5.32 Å².